The third-order valence-electron chi connectivity index (χ3n) is 3.52. The van der Waals surface area contributed by atoms with E-state index < -0.39 is 0 Å². The average molecular weight is 314 g/mol. The van der Waals surface area contributed by atoms with Crippen molar-refractivity contribution >= 4 is 17.5 Å². The van der Waals surface area contributed by atoms with Crippen molar-refractivity contribution in [2.75, 3.05) is 13.1 Å². The Kier molecular flexibility index (Phi) is 4.94. The van der Waals surface area contributed by atoms with Crippen LogP contribution in [0.25, 0.3) is 0 Å². The van der Waals surface area contributed by atoms with Crippen LogP contribution in [0.2, 0.25) is 5.15 Å². The topological polar surface area (TPSA) is 47.4 Å². The summed E-state index contributed by atoms with van der Waals surface area (Å²) in [7, 11) is 0. The zero-order valence-corrected chi connectivity index (χ0v) is 14.1. The molecule has 1 amide bonds. The summed E-state index contributed by atoms with van der Waals surface area (Å²) in [5.74, 6) is 0.377. The van der Waals surface area contributed by atoms with E-state index in [4.69, 9.17) is 16.3 Å². The maximum absolute atomic E-state index is 12.8. The van der Waals surface area contributed by atoms with Gasteiger partial charge in [0.15, 0.2) is 0 Å². The number of halogens is 1. The van der Waals surface area contributed by atoms with E-state index in [-0.39, 0.29) is 18.1 Å². The van der Waals surface area contributed by atoms with Crippen molar-refractivity contribution in [3.8, 4) is 0 Å². The average Bonchev–Trinajstić information content (AvgIpc) is 2.61. The number of carbonyl (C=O) groups is 1. The Morgan fingerprint density at radius 3 is 2.48 bits per heavy atom. The van der Waals surface area contributed by atoms with Crippen LogP contribution in [0.4, 0.5) is 0 Å². The van der Waals surface area contributed by atoms with E-state index in [1.54, 1.807) is 4.68 Å². The fourth-order valence-electron chi connectivity index (χ4n) is 2.76. The minimum Gasteiger partial charge on any atom is -0.372 e. The first-order valence-electron chi connectivity index (χ1n) is 7.47. The van der Waals surface area contributed by atoms with Crippen molar-refractivity contribution in [1.82, 2.24) is 14.7 Å². The van der Waals surface area contributed by atoms with Gasteiger partial charge in [0.05, 0.1) is 23.5 Å². The van der Waals surface area contributed by atoms with Gasteiger partial charge in [-0.15, -0.1) is 0 Å². The molecule has 0 spiro atoms. The van der Waals surface area contributed by atoms with Gasteiger partial charge in [0.25, 0.3) is 5.91 Å². The second-order valence-corrected chi connectivity index (χ2v) is 6.65. The predicted octanol–water partition coefficient (Wildman–Crippen LogP) is 2.75. The lowest BCUT2D eigenvalue weighted by atomic mass is 10.1. The summed E-state index contributed by atoms with van der Waals surface area (Å²) in [6.45, 7) is 11.9. The summed E-state index contributed by atoms with van der Waals surface area (Å²) >= 11 is 6.38. The molecule has 1 saturated heterocycles. The minimum atomic E-state index is -0.0468. The van der Waals surface area contributed by atoms with Gasteiger partial charge in [0.2, 0.25) is 0 Å². The van der Waals surface area contributed by atoms with E-state index in [2.05, 4.69) is 18.9 Å². The Hall–Kier alpha value is -1.07. The lowest BCUT2D eigenvalue weighted by Crippen LogP contribution is -2.48. The Bertz CT molecular complexity index is 517. The van der Waals surface area contributed by atoms with Gasteiger partial charge in [0.1, 0.15) is 5.15 Å². The Morgan fingerprint density at radius 1 is 1.38 bits per heavy atom. The third kappa shape index (κ3) is 3.58. The number of rotatable bonds is 3. The zero-order chi connectivity index (χ0) is 15.7. The number of nitrogens with zero attached hydrogens (tertiary/aromatic N) is 3. The van der Waals surface area contributed by atoms with E-state index >= 15 is 0 Å². The highest BCUT2D eigenvalue weighted by Crippen LogP contribution is 2.24. The SMILES string of the molecule is Cc1nn(CC(C)C)c(Cl)c1C(=O)N1C[C@@H](C)O[C@@H](C)C1. The molecule has 0 unspecified atom stereocenters. The van der Waals surface area contributed by atoms with Gasteiger partial charge in [-0.05, 0) is 26.7 Å². The second kappa shape index (κ2) is 6.36. The van der Waals surface area contributed by atoms with Crippen LogP contribution in [0.15, 0.2) is 0 Å². The molecule has 2 atom stereocenters. The fourth-order valence-corrected chi connectivity index (χ4v) is 3.09. The molecule has 0 aromatic carbocycles. The second-order valence-electron chi connectivity index (χ2n) is 6.29. The number of hydrogen-bond donors (Lipinski definition) is 0. The molecule has 2 rings (SSSR count). The Balaban J connectivity index is 2.25. The molecule has 5 nitrogen and oxygen atoms in total. The largest absolute Gasteiger partial charge is 0.372 e. The van der Waals surface area contributed by atoms with Gasteiger partial charge in [-0.2, -0.15) is 5.10 Å². The smallest absolute Gasteiger partial charge is 0.259 e. The summed E-state index contributed by atoms with van der Waals surface area (Å²) in [6.07, 6.45) is 0.0879. The number of hydrogen-bond acceptors (Lipinski definition) is 3. The molecule has 1 aromatic rings. The van der Waals surface area contributed by atoms with Crippen molar-refractivity contribution in [2.45, 2.75) is 53.4 Å². The van der Waals surface area contributed by atoms with Gasteiger partial charge in [-0.3, -0.25) is 9.48 Å². The van der Waals surface area contributed by atoms with Crippen LogP contribution in [0.1, 0.15) is 43.7 Å². The molecule has 118 valence electrons. The van der Waals surface area contributed by atoms with Gasteiger partial charge >= 0.3 is 0 Å². The molecule has 0 saturated carbocycles. The Labute approximate surface area is 131 Å². The maximum atomic E-state index is 12.8. The molecule has 0 aliphatic carbocycles. The van der Waals surface area contributed by atoms with Crippen molar-refractivity contribution in [2.24, 2.45) is 5.92 Å². The van der Waals surface area contributed by atoms with Crippen molar-refractivity contribution < 1.29 is 9.53 Å². The molecule has 0 radical (unpaired) electrons. The standard InChI is InChI=1S/C15H24ClN3O2/c1-9(2)6-19-14(16)13(12(5)17-19)15(20)18-7-10(3)21-11(4)8-18/h9-11H,6-8H2,1-5H3/t10-,11+. The number of ether oxygens (including phenoxy) is 1. The molecule has 1 aromatic heterocycles. The predicted molar refractivity (Wildman–Crippen MR) is 82.7 cm³/mol. The quantitative estimate of drug-likeness (QED) is 0.862. The molecule has 1 aliphatic heterocycles. The van der Waals surface area contributed by atoms with Crippen LogP contribution in [0.5, 0.6) is 0 Å². The van der Waals surface area contributed by atoms with Gasteiger partial charge < -0.3 is 9.64 Å². The third-order valence-corrected chi connectivity index (χ3v) is 3.91. The van der Waals surface area contributed by atoms with E-state index in [0.29, 0.717) is 42.0 Å². The highest BCUT2D eigenvalue weighted by Gasteiger charge is 2.30. The van der Waals surface area contributed by atoms with Crippen LogP contribution in [-0.2, 0) is 11.3 Å². The van der Waals surface area contributed by atoms with E-state index in [1.165, 1.54) is 0 Å². The van der Waals surface area contributed by atoms with Crippen LogP contribution in [0.3, 0.4) is 0 Å². The molecular weight excluding hydrogens is 290 g/mol. The van der Waals surface area contributed by atoms with Crippen molar-refractivity contribution in [3.05, 3.63) is 16.4 Å². The molecule has 0 N–H and O–H groups in total. The van der Waals surface area contributed by atoms with Crippen LogP contribution >= 0.6 is 11.6 Å². The van der Waals surface area contributed by atoms with Gasteiger partial charge in [-0.25, -0.2) is 0 Å². The molecular formula is C15H24ClN3O2. The highest BCUT2D eigenvalue weighted by atomic mass is 35.5. The number of carbonyl (C=O) groups excluding carboxylic acids is 1. The van der Waals surface area contributed by atoms with Crippen molar-refractivity contribution in [3.63, 3.8) is 0 Å². The summed E-state index contributed by atoms with van der Waals surface area (Å²) in [5, 5.41) is 4.85. The summed E-state index contributed by atoms with van der Waals surface area (Å²) in [5.41, 5.74) is 1.22. The molecule has 1 fully saturated rings. The minimum absolute atomic E-state index is 0.0440. The van der Waals surface area contributed by atoms with Crippen LogP contribution in [-0.4, -0.2) is 45.9 Å². The monoisotopic (exact) mass is 313 g/mol. The first kappa shape index (κ1) is 16.3. The van der Waals surface area contributed by atoms with E-state index in [9.17, 15) is 4.79 Å². The number of aryl methyl sites for hydroxylation is 1. The van der Waals surface area contributed by atoms with Crippen molar-refractivity contribution in [1.29, 1.82) is 0 Å². The molecule has 1 aliphatic rings. The highest BCUT2D eigenvalue weighted by molar-refractivity contribution is 6.33. The molecule has 21 heavy (non-hydrogen) atoms. The molecule has 0 bridgehead atoms. The zero-order valence-electron chi connectivity index (χ0n) is 13.4. The van der Waals surface area contributed by atoms with Gasteiger partial charge in [0, 0.05) is 19.6 Å². The Morgan fingerprint density at radius 2 is 1.95 bits per heavy atom. The number of amides is 1. The van der Waals surface area contributed by atoms with E-state index in [1.807, 2.05) is 25.7 Å². The van der Waals surface area contributed by atoms with E-state index in [0.717, 1.165) is 0 Å². The lowest BCUT2D eigenvalue weighted by Gasteiger charge is -2.35. The molecule has 6 heteroatoms. The summed E-state index contributed by atoms with van der Waals surface area (Å²) in [4.78, 5) is 14.6. The van der Waals surface area contributed by atoms with Crippen LogP contribution < -0.4 is 0 Å². The summed E-state index contributed by atoms with van der Waals surface area (Å²) in [6, 6.07) is 0. The summed E-state index contributed by atoms with van der Waals surface area (Å²) < 4.78 is 7.40. The first-order valence-corrected chi connectivity index (χ1v) is 7.85. The number of morpholine rings is 1. The first-order chi connectivity index (χ1) is 9.79. The maximum Gasteiger partial charge on any atom is 0.259 e. The van der Waals surface area contributed by atoms with Crippen LogP contribution in [0, 0.1) is 12.8 Å². The fraction of sp³-hybridized carbons (Fsp3) is 0.733. The molecule has 2 heterocycles. The number of aromatic nitrogens is 2. The van der Waals surface area contributed by atoms with Gasteiger partial charge in [-0.1, -0.05) is 25.4 Å². The normalized spacial score (nSPS) is 22.9. The lowest BCUT2D eigenvalue weighted by molar-refractivity contribution is -0.0586.